The molecule has 0 unspecified atom stereocenters. The first-order valence-electron chi connectivity index (χ1n) is 6.92. The van der Waals surface area contributed by atoms with Gasteiger partial charge in [-0.2, -0.15) is 5.26 Å². The van der Waals surface area contributed by atoms with Crippen molar-refractivity contribution in [1.29, 1.82) is 5.26 Å². The predicted molar refractivity (Wildman–Crippen MR) is 85.5 cm³/mol. The molecule has 2 aromatic carbocycles. The van der Waals surface area contributed by atoms with Crippen molar-refractivity contribution in [3.8, 4) is 11.8 Å². The number of nitrogens with zero attached hydrogens (tertiary/aromatic N) is 4. The molecule has 0 saturated carbocycles. The summed E-state index contributed by atoms with van der Waals surface area (Å²) in [7, 11) is 0. The molecule has 2 heterocycles. The van der Waals surface area contributed by atoms with Gasteiger partial charge in [0.1, 0.15) is 28.8 Å². The molecule has 0 radical (unpaired) electrons. The van der Waals surface area contributed by atoms with Gasteiger partial charge < -0.3 is 5.73 Å². The number of nitrogens with two attached hydrogens (primary N) is 1. The zero-order valence-electron chi connectivity index (χ0n) is 11.9. The molecule has 23 heavy (non-hydrogen) atoms. The lowest BCUT2D eigenvalue weighted by atomic mass is 10.2. The zero-order chi connectivity index (χ0) is 16.0. The van der Waals surface area contributed by atoms with Crippen LogP contribution < -0.4 is 5.73 Å². The number of rotatable bonds is 1. The third kappa shape index (κ3) is 1.91. The largest absolute Gasteiger partial charge is 0.384 e. The van der Waals surface area contributed by atoms with Crippen molar-refractivity contribution in [3.05, 3.63) is 59.9 Å². The van der Waals surface area contributed by atoms with Crippen LogP contribution >= 0.6 is 0 Å². The lowest BCUT2D eigenvalue weighted by Gasteiger charge is -2.07. The first-order chi connectivity index (χ1) is 11.2. The molecule has 4 rings (SSSR count). The van der Waals surface area contributed by atoms with E-state index in [0.717, 1.165) is 0 Å². The highest BCUT2D eigenvalue weighted by molar-refractivity contribution is 5.93. The van der Waals surface area contributed by atoms with Gasteiger partial charge in [0.25, 0.3) is 0 Å². The molecule has 0 atom stereocenters. The molecule has 110 valence electrons. The summed E-state index contributed by atoms with van der Waals surface area (Å²) in [6, 6.07) is 15.3. The Labute approximate surface area is 130 Å². The van der Waals surface area contributed by atoms with Crippen LogP contribution in [0, 0.1) is 17.1 Å². The number of hydrogen-bond acceptors (Lipinski definition) is 4. The molecular formula is C17H10FN5. The van der Waals surface area contributed by atoms with Gasteiger partial charge in [-0.25, -0.2) is 14.4 Å². The van der Waals surface area contributed by atoms with Gasteiger partial charge in [-0.15, -0.1) is 0 Å². The number of para-hydroxylation sites is 2. The third-order valence-corrected chi connectivity index (χ3v) is 3.69. The molecule has 4 aromatic rings. The van der Waals surface area contributed by atoms with E-state index in [1.54, 1.807) is 16.7 Å². The van der Waals surface area contributed by atoms with Crippen molar-refractivity contribution in [1.82, 2.24) is 14.5 Å². The highest BCUT2D eigenvalue weighted by atomic mass is 19.1. The van der Waals surface area contributed by atoms with Crippen LogP contribution in [0.5, 0.6) is 0 Å². The molecule has 0 bridgehead atoms. The Morgan fingerprint density at radius 2 is 1.65 bits per heavy atom. The SMILES string of the molecule is N#Cc1c(N)n(-c2ccc(F)cc2)c2nc3ccccc3nc12. The van der Waals surface area contributed by atoms with Crippen LogP contribution in [0.15, 0.2) is 48.5 Å². The maximum Gasteiger partial charge on any atom is 0.167 e. The van der Waals surface area contributed by atoms with E-state index in [2.05, 4.69) is 16.0 Å². The normalized spacial score (nSPS) is 11.0. The lowest BCUT2D eigenvalue weighted by Crippen LogP contribution is -2.01. The second-order valence-corrected chi connectivity index (χ2v) is 5.07. The summed E-state index contributed by atoms with van der Waals surface area (Å²) >= 11 is 0. The van der Waals surface area contributed by atoms with Gasteiger partial charge in [0.05, 0.1) is 11.0 Å². The van der Waals surface area contributed by atoms with Crippen molar-refractivity contribution < 1.29 is 4.39 Å². The number of aromatic nitrogens is 3. The van der Waals surface area contributed by atoms with Gasteiger partial charge in [0, 0.05) is 5.69 Å². The number of hydrogen-bond donors (Lipinski definition) is 1. The van der Waals surface area contributed by atoms with Crippen LogP contribution in [0.2, 0.25) is 0 Å². The summed E-state index contributed by atoms with van der Waals surface area (Å²) in [4.78, 5) is 9.09. The number of anilines is 1. The molecule has 0 spiro atoms. The fourth-order valence-corrected chi connectivity index (χ4v) is 2.62. The van der Waals surface area contributed by atoms with E-state index in [9.17, 15) is 9.65 Å². The molecule has 5 nitrogen and oxygen atoms in total. The summed E-state index contributed by atoms with van der Waals surface area (Å²) in [5.74, 6) is -0.106. The van der Waals surface area contributed by atoms with Crippen molar-refractivity contribution in [2.75, 3.05) is 5.73 Å². The summed E-state index contributed by atoms with van der Waals surface area (Å²) in [6.07, 6.45) is 0. The molecular weight excluding hydrogens is 293 g/mol. The van der Waals surface area contributed by atoms with E-state index in [-0.39, 0.29) is 17.2 Å². The average Bonchev–Trinajstić information content (AvgIpc) is 2.84. The maximum absolute atomic E-state index is 13.2. The highest BCUT2D eigenvalue weighted by Gasteiger charge is 2.19. The van der Waals surface area contributed by atoms with Gasteiger partial charge in [0.15, 0.2) is 5.65 Å². The zero-order valence-corrected chi connectivity index (χ0v) is 11.9. The fourth-order valence-electron chi connectivity index (χ4n) is 2.62. The number of nitriles is 1. The second kappa shape index (κ2) is 4.78. The summed E-state index contributed by atoms with van der Waals surface area (Å²) in [5, 5.41) is 9.42. The van der Waals surface area contributed by atoms with Crippen molar-refractivity contribution in [2.45, 2.75) is 0 Å². The van der Waals surface area contributed by atoms with Crippen LogP contribution in [0.4, 0.5) is 10.2 Å². The molecule has 6 heteroatoms. The Morgan fingerprint density at radius 3 is 2.30 bits per heavy atom. The molecule has 2 N–H and O–H groups in total. The van der Waals surface area contributed by atoms with E-state index in [1.807, 2.05) is 24.3 Å². The Hall–Kier alpha value is -3.46. The molecule has 0 aliphatic heterocycles. The van der Waals surface area contributed by atoms with E-state index in [4.69, 9.17) is 5.73 Å². The van der Waals surface area contributed by atoms with Crippen LogP contribution in [-0.4, -0.2) is 14.5 Å². The Morgan fingerprint density at radius 1 is 1.00 bits per heavy atom. The smallest absolute Gasteiger partial charge is 0.167 e. The first kappa shape index (κ1) is 13.2. The second-order valence-electron chi connectivity index (χ2n) is 5.07. The minimum absolute atomic E-state index is 0.240. The molecule has 0 amide bonds. The van der Waals surface area contributed by atoms with Crippen molar-refractivity contribution in [3.63, 3.8) is 0 Å². The molecule has 2 aromatic heterocycles. The Bertz CT molecular complexity index is 1090. The van der Waals surface area contributed by atoms with E-state index in [0.29, 0.717) is 27.9 Å². The van der Waals surface area contributed by atoms with Gasteiger partial charge >= 0.3 is 0 Å². The van der Waals surface area contributed by atoms with Crippen molar-refractivity contribution >= 4 is 28.0 Å². The molecule has 0 aliphatic carbocycles. The molecule has 0 aliphatic rings. The third-order valence-electron chi connectivity index (χ3n) is 3.69. The first-order valence-corrected chi connectivity index (χ1v) is 6.92. The minimum Gasteiger partial charge on any atom is -0.384 e. The monoisotopic (exact) mass is 303 g/mol. The van der Waals surface area contributed by atoms with Gasteiger partial charge in [-0.3, -0.25) is 4.57 Å². The number of fused-ring (bicyclic) bond motifs is 2. The van der Waals surface area contributed by atoms with Crippen LogP contribution in [0.1, 0.15) is 5.56 Å². The topological polar surface area (TPSA) is 80.5 Å². The summed E-state index contributed by atoms with van der Waals surface area (Å²) < 4.78 is 14.8. The van der Waals surface area contributed by atoms with Gasteiger partial charge in [0.2, 0.25) is 0 Å². The predicted octanol–water partition coefficient (Wildman–Crippen LogP) is 3.17. The van der Waals surface area contributed by atoms with E-state index in [1.165, 1.54) is 12.1 Å². The quantitative estimate of drug-likeness (QED) is 0.585. The Balaban J connectivity index is 2.14. The van der Waals surface area contributed by atoms with E-state index < -0.39 is 0 Å². The number of benzene rings is 2. The van der Waals surface area contributed by atoms with Crippen LogP contribution in [0.25, 0.3) is 27.9 Å². The summed E-state index contributed by atoms with van der Waals surface area (Å²) in [5.41, 5.74) is 9.32. The summed E-state index contributed by atoms with van der Waals surface area (Å²) in [6.45, 7) is 0. The van der Waals surface area contributed by atoms with E-state index >= 15 is 0 Å². The molecule has 0 saturated heterocycles. The number of halogens is 1. The van der Waals surface area contributed by atoms with Gasteiger partial charge in [-0.05, 0) is 36.4 Å². The number of nitrogen functional groups attached to an aromatic ring is 1. The Kier molecular flexibility index (Phi) is 2.75. The average molecular weight is 303 g/mol. The van der Waals surface area contributed by atoms with Gasteiger partial charge in [-0.1, -0.05) is 12.1 Å². The standard InChI is InChI=1S/C17H10FN5/c18-10-5-7-11(8-6-10)23-16(20)12(9-19)15-17(23)22-14-4-2-1-3-13(14)21-15/h1-8H,20H2. The van der Waals surface area contributed by atoms with Crippen LogP contribution in [0.3, 0.4) is 0 Å². The minimum atomic E-state index is -0.346. The van der Waals surface area contributed by atoms with Crippen molar-refractivity contribution in [2.24, 2.45) is 0 Å². The fraction of sp³-hybridized carbons (Fsp3) is 0. The highest BCUT2D eigenvalue weighted by Crippen LogP contribution is 2.30. The van der Waals surface area contributed by atoms with Crippen LogP contribution in [-0.2, 0) is 0 Å². The molecule has 0 fully saturated rings. The lowest BCUT2D eigenvalue weighted by molar-refractivity contribution is 0.627. The maximum atomic E-state index is 13.2.